The molecule has 1 aromatic heterocycles. The van der Waals surface area contributed by atoms with Crippen LogP contribution in [0.3, 0.4) is 0 Å². The summed E-state index contributed by atoms with van der Waals surface area (Å²) in [4.78, 5) is 24.9. The van der Waals surface area contributed by atoms with Gasteiger partial charge in [-0.2, -0.15) is 15.0 Å². The minimum atomic E-state index is -0.406. The van der Waals surface area contributed by atoms with Gasteiger partial charge in [0.1, 0.15) is 0 Å². The molecule has 0 spiro atoms. The van der Waals surface area contributed by atoms with E-state index in [1.54, 1.807) is 18.7 Å². The molecule has 0 aliphatic rings. The summed E-state index contributed by atoms with van der Waals surface area (Å²) in [6.07, 6.45) is 1.96. The first-order chi connectivity index (χ1) is 10.5. The second-order valence-electron chi connectivity index (χ2n) is 4.28. The van der Waals surface area contributed by atoms with Crippen molar-refractivity contribution < 1.29 is 4.79 Å². The number of aromatic nitrogens is 3. The van der Waals surface area contributed by atoms with Gasteiger partial charge < -0.3 is 16.8 Å². The van der Waals surface area contributed by atoms with Gasteiger partial charge in [0.2, 0.25) is 17.8 Å². The summed E-state index contributed by atoms with van der Waals surface area (Å²) >= 11 is 2.74. The number of nitrogens with one attached hydrogen (secondary N) is 1. The van der Waals surface area contributed by atoms with Crippen LogP contribution in [0.15, 0.2) is 34.3 Å². The average Bonchev–Trinajstić information content (AvgIpc) is 2.46. The molecule has 116 valence electrons. The normalized spacial score (nSPS) is 11.9. The minimum absolute atomic E-state index is 0.0373. The first-order valence-corrected chi connectivity index (χ1v) is 8.47. The first kappa shape index (κ1) is 16.4. The topological polar surface area (TPSA) is 120 Å². The molecule has 2 rings (SSSR count). The molecule has 0 fully saturated rings. The number of rotatable bonds is 5. The standard InChI is InChI=1S/C13H16N6OS2/c1-7(22-13-18-11(14)17-12(15)19-13)10(20)16-8-5-3-4-6-9(8)21-2/h3-7H,1-2H3,(H,16,20)(H4,14,15,17,18,19)/t7-/m1/s1. The molecule has 0 saturated carbocycles. The number of thioether (sulfide) groups is 2. The molecule has 2 aromatic rings. The summed E-state index contributed by atoms with van der Waals surface area (Å²) in [5.41, 5.74) is 11.8. The molecule has 7 nitrogen and oxygen atoms in total. The molecular weight excluding hydrogens is 320 g/mol. The van der Waals surface area contributed by atoms with Crippen molar-refractivity contribution in [2.24, 2.45) is 0 Å². The van der Waals surface area contributed by atoms with E-state index in [1.807, 2.05) is 30.5 Å². The predicted octanol–water partition coefficient (Wildman–Crippen LogP) is 1.88. The van der Waals surface area contributed by atoms with Crippen molar-refractivity contribution in [2.75, 3.05) is 23.0 Å². The fourth-order valence-electron chi connectivity index (χ4n) is 1.63. The van der Waals surface area contributed by atoms with E-state index in [9.17, 15) is 4.79 Å². The summed E-state index contributed by atoms with van der Waals surface area (Å²) in [5.74, 6) is -0.0743. The third-order valence-corrected chi connectivity index (χ3v) is 4.42. The Kier molecular flexibility index (Phi) is 5.45. The van der Waals surface area contributed by atoms with Crippen LogP contribution in [-0.4, -0.2) is 32.4 Å². The van der Waals surface area contributed by atoms with E-state index in [-0.39, 0.29) is 17.8 Å². The fraction of sp³-hybridized carbons (Fsp3) is 0.231. The molecule has 22 heavy (non-hydrogen) atoms. The molecule has 0 aliphatic heterocycles. The van der Waals surface area contributed by atoms with Gasteiger partial charge in [0.25, 0.3) is 0 Å². The highest BCUT2D eigenvalue weighted by Gasteiger charge is 2.18. The third-order valence-electron chi connectivity index (χ3n) is 2.67. The van der Waals surface area contributed by atoms with E-state index >= 15 is 0 Å². The highest BCUT2D eigenvalue weighted by Crippen LogP contribution is 2.26. The molecule has 1 aromatic carbocycles. The summed E-state index contributed by atoms with van der Waals surface area (Å²) in [7, 11) is 0. The maximum atomic E-state index is 12.3. The van der Waals surface area contributed by atoms with E-state index in [4.69, 9.17) is 11.5 Å². The van der Waals surface area contributed by atoms with Crippen molar-refractivity contribution in [3.8, 4) is 0 Å². The summed E-state index contributed by atoms with van der Waals surface area (Å²) in [6, 6.07) is 7.61. The average molecular weight is 336 g/mol. The molecule has 1 heterocycles. The number of para-hydroxylation sites is 1. The molecule has 0 unspecified atom stereocenters. The molecule has 5 N–H and O–H groups in total. The van der Waals surface area contributed by atoms with Gasteiger partial charge in [0.05, 0.1) is 10.9 Å². The van der Waals surface area contributed by atoms with E-state index in [1.165, 1.54) is 11.8 Å². The Morgan fingerprint density at radius 3 is 2.45 bits per heavy atom. The van der Waals surface area contributed by atoms with Crippen LogP contribution in [-0.2, 0) is 4.79 Å². The monoisotopic (exact) mass is 336 g/mol. The number of nitrogens with zero attached hydrogens (tertiary/aromatic N) is 3. The third kappa shape index (κ3) is 4.25. The molecule has 0 radical (unpaired) electrons. The fourth-order valence-corrected chi connectivity index (χ4v) is 2.96. The Bertz CT molecular complexity index is 661. The lowest BCUT2D eigenvalue weighted by molar-refractivity contribution is -0.115. The smallest absolute Gasteiger partial charge is 0.237 e. The number of carbonyl (C=O) groups is 1. The van der Waals surface area contributed by atoms with Crippen molar-refractivity contribution in [3.63, 3.8) is 0 Å². The maximum absolute atomic E-state index is 12.3. The first-order valence-electron chi connectivity index (χ1n) is 6.37. The Balaban J connectivity index is 2.06. The Morgan fingerprint density at radius 1 is 1.18 bits per heavy atom. The second kappa shape index (κ2) is 7.32. The van der Waals surface area contributed by atoms with Crippen LogP contribution in [0.25, 0.3) is 0 Å². The summed E-state index contributed by atoms with van der Waals surface area (Å²) in [6.45, 7) is 1.76. The van der Waals surface area contributed by atoms with Gasteiger partial charge in [-0.05, 0) is 25.3 Å². The van der Waals surface area contributed by atoms with Crippen LogP contribution in [0.5, 0.6) is 0 Å². The number of carbonyl (C=O) groups excluding carboxylic acids is 1. The molecular formula is C13H16N6OS2. The van der Waals surface area contributed by atoms with Crippen LogP contribution >= 0.6 is 23.5 Å². The molecule has 1 amide bonds. The lowest BCUT2D eigenvalue weighted by atomic mass is 10.3. The van der Waals surface area contributed by atoms with Crippen LogP contribution in [0, 0.1) is 0 Å². The number of hydrogen-bond acceptors (Lipinski definition) is 8. The van der Waals surface area contributed by atoms with E-state index < -0.39 is 5.25 Å². The van der Waals surface area contributed by atoms with E-state index in [0.29, 0.717) is 5.16 Å². The summed E-state index contributed by atoms with van der Waals surface area (Å²) < 4.78 is 0. The van der Waals surface area contributed by atoms with Crippen molar-refractivity contribution in [1.29, 1.82) is 0 Å². The van der Waals surface area contributed by atoms with Crippen molar-refractivity contribution in [1.82, 2.24) is 15.0 Å². The number of nitrogen functional groups attached to an aromatic ring is 2. The lowest BCUT2D eigenvalue weighted by Gasteiger charge is -2.13. The van der Waals surface area contributed by atoms with Crippen LogP contribution < -0.4 is 16.8 Å². The Labute approximate surface area is 136 Å². The van der Waals surface area contributed by atoms with Gasteiger partial charge in [-0.3, -0.25) is 4.79 Å². The minimum Gasteiger partial charge on any atom is -0.368 e. The van der Waals surface area contributed by atoms with Crippen molar-refractivity contribution in [3.05, 3.63) is 24.3 Å². The lowest BCUT2D eigenvalue weighted by Crippen LogP contribution is -2.23. The van der Waals surface area contributed by atoms with Gasteiger partial charge >= 0.3 is 0 Å². The van der Waals surface area contributed by atoms with E-state index in [0.717, 1.165) is 10.6 Å². The number of anilines is 3. The Hall–Kier alpha value is -2.00. The SMILES string of the molecule is CSc1ccccc1NC(=O)[C@@H](C)Sc1nc(N)nc(N)n1. The number of hydrogen-bond donors (Lipinski definition) is 3. The Morgan fingerprint density at radius 2 is 1.82 bits per heavy atom. The van der Waals surface area contributed by atoms with Crippen molar-refractivity contribution >= 4 is 47.0 Å². The molecule has 0 aliphatic carbocycles. The van der Waals surface area contributed by atoms with Crippen molar-refractivity contribution in [2.45, 2.75) is 22.2 Å². The largest absolute Gasteiger partial charge is 0.368 e. The van der Waals surface area contributed by atoms with Gasteiger partial charge in [0.15, 0.2) is 5.16 Å². The molecule has 1 atom stereocenters. The predicted molar refractivity (Wildman–Crippen MR) is 90.8 cm³/mol. The highest BCUT2D eigenvalue weighted by atomic mass is 32.2. The zero-order chi connectivity index (χ0) is 16.1. The van der Waals surface area contributed by atoms with Gasteiger partial charge in [-0.1, -0.05) is 23.9 Å². The van der Waals surface area contributed by atoms with E-state index in [2.05, 4.69) is 20.3 Å². The molecule has 0 saturated heterocycles. The van der Waals surface area contributed by atoms with Gasteiger partial charge in [0, 0.05) is 4.90 Å². The highest BCUT2D eigenvalue weighted by molar-refractivity contribution is 8.00. The van der Waals surface area contributed by atoms with Crippen LogP contribution in [0.2, 0.25) is 0 Å². The quantitative estimate of drug-likeness (QED) is 0.708. The van der Waals surface area contributed by atoms with Gasteiger partial charge in [-0.15, -0.1) is 11.8 Å². The zero-order valence-corrected chi connectivity index (χ0v) is 13.7. The molecule has 0 bridgehead atoms. The number of nitrogens with two attached hydrogens (primary N) is 2. The zero-order valence-electron chi connectivity index (χ0n) is 12.1. The number of amides is 1. The van der Waals surface area contributed by atoms with Crippen LogP contribution in [0.4, 0.5) is 17.6 Å². The number of benzene rings is 1. The van der Waals surface area contributed by atoms with Gasteiger partial charge in [-0.25, -0.2) is 0 Å². The van der Waals surface area contributed by atoms with Crippen LogP contribution in [0.1, 0.15) is 6.92 Å². The second-order valence-corrected chi connectivity index (χ2v) is 6.44. The summed E-state index contributed by atoms with van der Waals surface area (Å²) in [5, 5.41) is 2.81. The molecule has 9 heteroatoms. The maximum Gasteiger partial charge on any atom is 0.237 e.